The first kappa shape index (κ1) is 13.2. The Kier molecular flexibility index (Phi) is 4.51. The number of rotatable bonds is 4. The average molecular weight is 220 g/mol. The molecule has 0 aliphatic heterocycles. The Morgan fingerprint density at radius 1 is 1.19 bits per heavy atom. The van der Waals surface area contributed by atoms with E-state index in [1.807, 2.05) is 6.07 Å². The van der Waals surface area contributed by atoms with Crippen LogP contribution in [0.3, 0.4) is 0 Å². The molecule has 0 amide bonds. The van der Waals surface area contributed by atoms with Gasteiger partial charge in [-0.05, 0) is 23.5 Å². The van der Waals surface area contributed by atoms with Crippen molar-refractivity contribution >= 4 is 0 Å². The van der Waals surface area contributed by atoms with Gasteiger partial charge in [-0.2, -0.15) is 0 Å². The molecule has 0 heterocycles. The van der Waals surface area contributed by atoms with Crippen LogP contribution >= 0.6 is 0 Å². The quantitative estimate of drug-likeness (QED) is 0.818. The van der Waals surface area contributed by atoms with Crippen molar-refractivity contribution in [3.8, 4) is 0 Å². The van der Waals surface area contributed by atoms with E-state index in [4.69, 9.17) is 5.73 Å². The van der Waals surface area contributed by atoms with Crippen molar-refractivity contribution in [3.63, 3.8) is 0 Å². The molecule has 0 aromatic heterocycles. The van der Waals surface area contributed by atoms with E-state index in [1.165, 1.54) is 11.1 Å². The zero-order chi connectivity index (χ0) is 12.2. The van der Waals surface area contributed by atoms with Crippen LogP contribution in [-0.4, -0.2) is 6.04 Å². The van der Waals surface area contributed by atoms with Gasteiger partial charge >= 0.3 is 0 Å². The molecule has 0 aliphatic carbocycles. The van der Waals surface area contributed by atoms with Gasteiger partial charge < -0.3 is 11.1 Å². The van der Waals surface area contributed by atoms with Gasteiger partial charge in [0.05, 0.1) is 0 Å². The second kappa shape index (κ2) is 5.46. The van der Waals surface area contributed by atoms with Crippen LogP contribution in [-0.2, 0) is 13.1 Å². The van der Waals surface area contributed by atoms with E-state index in [-0.39, 0.29) is 5.41 Å². The van der Waals surface area contributed by atoms with Crippen molar-refractivity contribution < 1.29 is 0 Å². The van der Waals surface area contributed by atoms with Crippen LogP contribution < -0.4 is 11.1 Å². The van der Waals surface area contributed by atoms with Gasteiger partial charge in [0, 0.05) is 19.1 Å². The van der Waals surface area contributed by atoms with Crippen LogP contribution in [0.25, 0.3) is 0 Å². The summed E-state index contributed by atoms with van der Waals surface area (Å²) in [7, 11) is 0. The van der Waals surface area contributed by atoms with E-state index in [0.717, 1.165) is 6.54 Å². The van der Waals surface area contributed by atoms with Gasteiger partial charge in [-0.25, -0.2) is 0 Å². The zero-order valence-corrected chi connectivity index (χ0v) is 10.9. The maximum Gasteiger partial charge on any atom is 0.0211 e. The van der Waals surface area contributed by atoms with Crippen molar-refractivity contribution in [2.75, 3.05) is 0 Å². The SMILES string of the molecule is CC(NCc1ccccc1CN)C(C)(C)C. The van der Waals surface area contributed by atoms with E-state index >= 15 is 0 Å². The van der Waals surface area contributed by atoms with Crippen LogP contribution in [0.5, 0.6) is 0 Å². The second-order valence-electron chi connectivity index (χ2n) is 5.44. The first-order valence-corrected chi connectivity index (χ1v) is 5.95. The minimum Gasteiger partial charge on any atom is -0.326 e. The molecule has 0 spiro atoms. The highest BCUT2D eigenvalue weighted by molar-refractivity contribution is 5.26. The lowest BCUT2D eigenvalue weighted by Crippen LogP contribution is -2.37. The topological polar surface area (TPSA) is 38.0 Å². The standard InChI is InChI=1S/C14H24N2/c1-11(14(2,3)4)16-10-13-8-6-5-7-12(13)9-15/h5-8,11,16H,9-10,15H2,1-4H3. The van der Waals surface area contributed by atoms with Gasteiger partial charge in [-0.1, -0.05) is 45.0 Å². The van der Waals surface area contributed by atoms with Gasteiger partial charge in [-0.3, -0.25) is 0 Å². The Labute approximate surface area is 99.2 Å². The van der Waals surface area contributed by atoms with Gasteiger partial charge in [0.15, 0.2) is 0 Å². The molecule has 2 nitrogen and oxygen atoms in total. The molecule has 1 unspecified atom stereocenters. The minimum atomic E-state index is 0.289. The fraction of sp³-hybridized carbons (Fsp3) is 0.571. The maximum atomic E-state index is 5.72. The first-order valence-electron chi connectivity index (χ1n) is 5.95. The van der Waals surface area contributed by atoms with Crippen molar-refractivity contribution in [2.45, 2.75) is 46.8 Å². The minimum absolute atomic E-state index is 0.289. The molecule has 90 valence electrons. The Hall–Kier alpha value is -0.860. The molecular formula is C14H24N2. The predicted molar refractivity (Wildman–Crippen MR) is 70.1 cm³/mol. The summed E-state index contributed by atoms with van der Waals surface area (Å²) >= 11 is 0. The number of hydrogen-bond acceptors (Lipinski definition) is 2. The third-order valence-electron chi connectivity index (χ3n) is 3.24. The number of nitrogens with one attached hydrogen (secondary N) is 1. The molecule has 2 heteroatoms. The largest absolute Gasteiger partial charge is 0.326 e. The highest BCUT2D eigenvalue weighted by Crippen LogP contribution is 2.19. The Morgan fingerprint density at radius 2 is 1.75 bits per heavy atom. The Balaban J connectivity index is 2.61. The molecule has 1 aromatic carbocycles. The smallest absolute Gasteiger partial charge is 0.0211 e. The fourth-order valence-electron chi connectivity index (χ4n) is 1.50. The maximum absolute atomic E-state index is 5.72. The molecule has 0 aliphatic rings. The molecular weight excluding hydrogens is 196 g/mol. The summed E-state index contributed by atoms with van der Waals surface area (Å²) in [5.41, 5.74) is 8.54. The predicted octanol–water partition coefficient (Wildman–Crippen LogP) is 2.67. The van der Waals surface area contributed by atoms with Gasteiger partial charge in [0.1, 0.15) is 0 Å². The van der Waals surface area contributed by atoms with Crippen molar-refractivity contribution in [1.82, 2.24) is 5.32 Å². The van der Waals surface area contributed by atoms with Crippen LogP contribution in [0.15, 0.2) is 24.3 Å². The van der Waals surface area contributed by atoms with Crippen LogP contribution in [0.1, 0.15) is 38.8 Å². The Morgan fingerprint density at radius 3 is 2.25 bits per heavy atom. The second-order valence-corrected chi connectivity index (χ2v) is 5.44. The summed E-state index contributed by atoms with van der Waals surface area (Å²) in [6.45, 7) is 10.5. The van der Waals surface area contributed by atoms with Gasteiger partial charge in [0.2, 0.25) is 0 Å². The number of nitrogens with two attached hydrogens (primary N) is 1. The van der Waals surface area contributed by atoms with Crippen molar-refractivity contribution in [2.24, 2.45) is 11.1 Å². The lowest BCUT2D eigenvalue weighted by molar-refractivity contribution is 0.285. The summed E-state index contributed by atoms with van der Waals surface area (Å²) < 4.78 is 0. The molecule has 0 saturated heterocycles. The molecule has 1 rings (SSSR count). The summed E-state index contributed by atoms with van der Waals surface area (Å²) in [5, 5.41) is 3.56. The highest BCUT2D eigenvalue weighted by atomic mass is 14.9. The third kappa shape index (κ3) is 3.62. The molecule has 3 N–H and O–H groups in total. The van der Waals surface area contributed by atoms with Crippen molar-refractivity contribution in [1.29, 1.82) is 0 Å². The summed E-state index contributed by atoms with van der Waals surface area (Å²) in [5.74, 6) is 0. The van der Waals surface area contributed by atoms with Crippen molar-refractivity contribution in [3.05, 3.63) is 35.4 Å². The lowest BCUT2D eigenvalue weighted by atomic mass is 9.88. The molecule has 0 bridgehead atoms. The average Bonchev–Trinajstić information content (AvgIpc) is 2.24. The van der Waals surface area contributed by atoms with Crippen LogP contribution in [0.4, 0.5) is 0 Å². The van der Waals surface area contributed by atoms with Gasteiger partial charge in [0.25, 0.3) is 0 Å². The molecule has 0 fully saturated rings. The lowest BCUT2D eigenvalue weighted by Gasteiger charge is -2.28. The third-order valence-corrected chi connectivity index (χ3v) is 3.24. The fourth-order valence-corrected chi connectivity index (χ4v) is 1.50. The zero-order valence-electron chi connectivity index (χ0n) is 10.9. The first-order chi connectivity index (χ1) is 7.45. The molecule has 16 heavy (non-hydrogen) atoms. The highest BCUT2D eigenvalue weighted by Gasteiger charge is 2.19. The van der Waals surface area contributed by atoms with Crippen LogP contribution in [0, 0.1) is 5.41 Å². The number of hydrogen-bond donors (Lipinski definition) is 2. The summed E-state index contributed by atoms with van der Waals surface area (Å²) in [6.07, 6.45) is 0. The Bertz CT molecular complexity index is 326. The monoisotopic (exact) mass is 220 g/mol. The van der Waals surface area contributed by atoms with E-state index in [2.05, 4.69) is 51.2 Å². The van der Waals surface area contributed by atoms with E-state index in [1.54, 1.807) is 0 Å². The van der Waals surface area contributed by atoms with Gasteiger partial charge in [-0.15, -0.1) is 0 Å². The molecule has 0 radical (unpaired) electrons. The molecule has 1 atom stereocenters. The summed E-state index contributed by atoms with van der Waals surface area (Å²) in [6, 6.07) is 8.83. The normalized spacial score (nSPS) is 13.8. The molecule has 0 saturated carbocycles. The summed E-state index contributed by atoms with van der Waals surface area (Å²) in [4.78, 5) is 0. The van der Waals surface area contributed by atoms with E-state index < -0.39 is 0 Å². The number of benzene rings is 1. The molecule has 1 aromatic rings. The van der Waals surface area contributed by atoms with Crippen LogP contribution in [0.2, 0.25) is 0 Å². The van der Waals surface area contributed by atoms with E-state index in [0.29, 0.717) is 12.6 Å². The van der Waals surface area contributed by atoms with E-state index in [9.17, 15) is 0 Å².